The van der Waals surface area contributed by atoms with Crippen molar-refractivity contribution in [1.29, 1.82) is 0 Å². The summed E-state index contributed by atoms with van der Waals surface area (Å²) in [6, 6.07) is 6.75. The number of halogens is 2. The summed E-state index contributed by atoms with van der Waals surface area (Å²) in [5.74, 6) is -2.70. The summed E-state index contributed by atoms with van der Waals surface area (Å²) in [4.78, 5) is 26.7. The van der Waals surface area contributed by atoms with Crippen LogP contribution in [0.2, 0.25) is 0 Å². The largest absolute Gasteiger partial charge is 0.478 e. The molecule has 0 bridgehead atoms. The summed E-state index contributed by atoms with van der Waals surface area (Å²) in [6.07, 6.45) is 1.29. The normalized spacial score (nSPS) is 10.1. The van der Waals surface area contributed by atoms with Gasteiger partial charge in [0.2, 0.25) is 0 Å². The second-order valence-corrected chi connectivity index (χ2v) is 4.70. The Hall–Kier alpha value is -2.28. The van der Waals surface area contributed by atoms with E-state index in [-0.39, 0.29) is 16.9 Å². The minimum Gasteiger partial charge on any atom is -0.478 e. The predicted octanol–water partition coefficient (Wildman–Crippen LogP) is 2.93. The highest BCUT2D eigenvalue weighted by molar-refractivity contribution is 9.10. The fraction of sp³-hybridized carbons (Fsp3) is 0. The Bertz CT molecular complexity index is 691. The van der Waals surface area contributed by atoms with Gasteiger partial charge in [-0.05, 0) is 30.3 Å². The lowest BCUT2D eigenvalue weighted by Crippen LogP contribution is -2.18. The van der Waals surface area contributed by atoms with Crippen molar-refractivity contribution in [3.05, 3.63) is 58.1 Å². The maximum absolute atomic E-state index is 13.6. The van der Waals surface area contributed by atoms with E-state index in [4.69, 9.17) is 5.11 Å². The van der Waals surface area contributed by atoms with E-state index in [1.807, 2.05) is 0 Å². The SMILES string of the molecule is O=C(O)c1cccnc1C(=O)Nc1ccc(Br)cc1F. The second-order valence-electron chi connectivity index (χ2n) is 3.78. The number of anilines is 1. The average molecular weight is 339 g/mol. The van der Waals surface area contributed by atoms with Gasteiger partial charge in [-0.15, -0.1) is 0 Å². The first kappa shape index (κ1) is 14.1. The monoisotopic (exact) mass is 338 g/mol. The van der Waals surface area contributed by atoms with Gasteiger partial charge in [0.1, 0.15) is 11.5 Å². The Kier molecular flexibility index (Phi) is 4.09. The summed E-state index contributed by atoms with van der Waals surface area (Å²) in [5.41, 5.74) is -0.579. The molecule has 0 aliphatic carbocycles. The number of rotatable bonds is 3. The van der Waals surface area contributed by atoms with Crippen molar-refractivity contribution in [3.63, 3.8) is 0 Å². The fourth-order valence-electron chi connectivity index (χ4n) is 1.53. The lowest BCUT2D eigenvalue weighted by Gasteiger charge is -2.07. The Labute approximate surface area is 121 Å². The molecule has 2 aromatic rings. The molecule has 2 N–H and O–H groups in total. The molecule has 0 saturated carbocycles. The smallest absolute Gasteiger partial charge is 0.338 e. The number of nitrogens with one attached hydrogen (secondary N) is 1. The van der Waals surface area contributed by atoms with E-state index in [1.54, 1.807) is 6.07 Å². The average Bonchev–Trinajstić information content (AvgIpc) is 2.41. The standard InChI is InChI=1S/C13H8BrFN2O3/c14-7-3-4-10(9(15)6-7)17-12(18)11-8(13(19)20)2-1-5-16-11/h1-6H,(H,17,18)(H,19,20). The first-order valence-electron chi connectivity index (χ1n) is 5.44. The van der Waals surface area contributed by atoms with E-state index >= 15 is 0 Å². The van der Waals surface area contributed by atoms with Gasteiger partial charge in [0.15, 0.2) is 0 Å². The molecule has 0 atom stereocenters. The summed E-state index contributed by atoms with van der Waals surface area (Å²) in [5, 5.41) is 11.3. The lowest BCUT2D eigenvalue weighted by atomic mass is 10.2. The number of aromatic nitrogens is 1. The highest BCUT2D eigenvalue weighted by Gasteiger charge is 2.18. The Morgan fingerprint density at radius 1 is 1.30 bits per heavy atom. The molecule has 2 rings (SSSR count). The number of hydrogen-bond acceptors (Lipinski definition) is 3. The Morgan fingerprint density at radius 3 is 2.70 bits per heavy atom. The number of pyridine rings is 1. The quantitative estimate of drug-likeness (QED) is 0.901. The predicted molar refractivity (Wildman–Crippen MR) is 73.2 cm³/mol. The molecule has 7 heteroatoms. The molecule has 102 valence electrons. The van der Waals surface area contributed by atoms with Gasteiger partial charge in [-0.3, -0.25) is 9.78 Å². The van der Waals surface area contributed by atoms with Crippen LogP contribution in [-0.2, 0) is 0 Å². The van der Waals surface area contributed by atoms with Crippen molar-refractivity contribution in [3.8, 4) is 0 Å². The number of carboxylic acid groups (broad SMARTS) is 1. The van der Waals surface area contributed by atoms with Crippen LogP contribution in [0.5, 0.6) is 0 Å². The summed E-state index contributed by atoms with van der Waals surface area (Å²) in [6.45, 7) is 0. The zero-order valence-electron chi connectivity index (χ0n) is 9.93. The Morgan fingerprint density at radius 2 is 2.05 bits per heavy atom. The third kappa shape index (κ3) is 3.00. The maximum atomic E-state index is 13.6. The van der Waals surface area contributed by atoms with E-state index < -0.39 is 17.7 Å². The van der Waals surface area contributed by atoms with Gasteiger partial charge < -0.3 is 10.4 Å². The first-order valence-corrected chi connectivity index (χ1v) is 6.23. The lowest BCUT2D eigenvalue weighted by molar-refractivity contribution is 0.0691. The topological polar surface area (TPSA) is 79.3 Å². The van der Waals surface area contributed by atoms with Crippen LogP contribution in [0.15, 0.2) is 41.0 Å². The van der Waals surface area contributed by atoms with Gasteiger partial charge in [-0.1, -0.05) is 15.9 Å². The zero-order chi connectivity index (χ0) is 14.7. The van der Waals surface area contributed by atoms with Gasteiger partial charge in [-0.2, -0.15) is 0 Å². The number of aromatic carboxylic acids is 1. The van der Waals surface area contributed by atoms with Crippen molar-refractivity contribution >= 4 is 33.5 Å². The van der Waals surface area contributed by atoms with Crippen LogP contribution in [0.4, 0.5) is 10.1 Å². The summed E-state index contributed by atoms with van der Waals surface area (Å²) >= 11 is 3.10. The molecular formula is C13H8BrFN2O3. The highest BCUT2D eigenvalue weighted by Crippen LogP contribution is 2.20. The van der Waals surface area contributed by atoms with Gasteiger partial charge in [0, 0.05) is 10.7 Å². The molecule has 0 unspecified atom stereocenters. The van der Waals surface area contributed by atoms with E-state index in [1.165, 1.54) is 30.5 Å². The van der Waals surface area contributed by atoms with Crippen molar-refractivity contribution in [1.82, 2.24) is 4.98 Å². The van der Waals surface area contributed by atoms with Crippen LogP contribution in [0.1, 0.15) is 20.8 Å². The van der Waals surface area contributed by atoms with Crippen molar-refractivity contribution in [2.45, 2.75) is 0 Å². The molecule has 5 nitrogen and oxygen atoms in total. The minimum absolute atomic E-state index is 0.0554. The van der Waals surface area contributed by atoms with E-state index in [2.05, 4.69) is 26.2 Å². The number of benzene rings is 1. The number of amides is 1. The molecule has 1 heterocycles. The molecule has 20 heavy (non-hydrogen) atoms. The molecule has 1 aromatic heterocycles. The van der Waals surface area contributed by atoms with Crippen LogP contribution in [0, 0.1) is 5.82 Å². The molecule has 0 radical (unpaired) electrons. The molecule has 0 fully saturated rings. The van der Waals surface area contributed by atoms with Crippen LogP contribution < -0.4 is 5.32 Å². The first-order chi connectivity index (χ1) is 9.49. The molecule has 0 aliphatic rings. The van der Waals surface area contributed by atoms with Crippen molar-refractivity contribution in [2.75, 3.05) is 5.32 Å². The number of nitrogens with zero attached hydrogens (tertiary/aromatic N) is 1. The van der Waals surface area contributed by atoms with Crippen LogP contribution in [-0.4, -0.2) is 22.0 Å². The number of carbonyl (C=O) groups is 2. The molecular weight excluding hydrogens is 331 g/mol. The number of hydrogen-bond donors (Lipinski definition) is 2. The molecule has 0 saturated heterocycles. The second kappa shape index (κ2) is 5.79. The van der Waals surface area contributed by atoms with Crippen molar-refractivity contribution < 1.29 is 19.1 Å². The molecule has 0 aliphatic heterocycles. The third-order valence-electron chi connectivity index (χ3n) is 2.43. The number of carboxylic acids is 1. The van der Waals surface area contributed by atoms with Gasteiger partial charge >= 0.3 is 5.97 Å². The van der Waals surface area contributed by atoms with Crippen molar-refractivity contribution in [2.24, 2.45) is 0 Å². The molecule has 1 aromatic carbocycles. The number of carbonyl (C=O) groups excluding carboxylic acids is 1. The van der Waals surface area contributed by atoms with E-state index in [0.717, 1.165) is 0 Å². The maximum Gasteiger partial charge on any atom is 0.338 e. The molecule has 0 spiro atoms. The van der Waals surface area contributed by atoms with Crippen LogP contribution >= 0.6 is 15.9 Å². The zero-order valence-corrected chi connectivity index (χ0v) is 11.5. The van der Waals surface area contributed by atoms with Gasteiger partial charge in [0.05, 0.1) is 11.3 Å². The van der Waals surface area contributed by atoms with E-state index in [0.29, 0.717) is 4.47 Å². The molecule has 1 amide bonds. The third-order valence-corrected chi connectivity index (χ3v) is 2.93. The van der Waals surface area contributed by atoms with Gasteiger partial charge in [0.25, 0.3) is 5.91 Å². The van der Waals surface area contributed by atoms with Crippen LogP contribution in [0.25, 0.3) is 0 Å². The Balaban J connectivity index is 2.31. The fourth-order valence-corrected chi connectivity index (χ4v) is 1.86. The van der Waals surface area contributed by atoms with E-state index in [9.17, 15) is 14.0 Å². The summed E-state index contributed by atoms with van der Waals surface area (Å²) in [7, 11) is 0. The minimum atomic E-state index is -1.28. The van der Waals surface area contributed by atoms with Crippen LogP contribution in [0.3, 0.4) is 0 Å². The van der Waals surface area contributed by atoms with Gasteiger partial charge in [-0.25, -0.2) is 9.18 Å². The summed E-state index contributed by atoms with van der Waals surface area (Å²) < 4.78 is 14.1. The highest BCUT2D eigenvalue weighted by atomic mass is 79.9.